The van der Waals surface area contributed by atoms with Gasteiger partial charge in [-0.15, -0.1) is 0 Å². The summed E-state index contributed by atoms with van der Waals surface area (Å²) in [6.45, 7) is 3.80. The summed E-state index contributed by atoms with van der Waals surface area (Å²) in [5, 5.41) is 3.31. The zero-order valence-electron chi connectivity index (χ0n) is 15.9. The van der Waals surface area contributed by atoms with Gasteiger partial charge in [0.1, 0.15) is 0 Å². The number of fused-ring (bicyclic) bond motifs is 1. The molecule has 0 aliphatic carbocycles. The lowest BCUT2D eigenvalue weighted by Crippen LogP contribution is -2.52. The maximum absolute atomic E-state index is 12.4. The van der Waals surface area contributed by atoms with Crippen LogP contribution in [0.2, 0.25) is 5.02 Å². The predicted molar refractivity (Wildman–Crippen MR) is 108 cm³/mol. The monoisotopic (exact) mass is 415 g/mol. The minimum Gasteiger partial charge on any atom is -0.454 e. The van der Waals surface area contributed by atoms with E-state index < -0.39 is 11.8 Å². The molecule has 2 heterocycles. The third-order valence-electron chi connectivity index (χ3n) is 5.06. The molecule has 8 heteroatoms. The van der Waals surface area contributed by atoms with Gasteiger partial charge in [0.05, 0.1) is 0 Å². The van der Waals surface area contributed by atoms with Crippen molar-refractivity contribution in [2.45, 2.75) is 13.1 Å². The van der Waals surface area contributed by atoms with Crippen molar-refractivity contribution in [1.29, 1.82) is 0 Å². The van der Waals surface area contributed by atoms with Gasteiger partial charge in [-0.1, -0.05) is 29.8 Å². The second kappa shape index (κ2) is 8.71. The normalized spacial score (nSPS) is 16.0. The summed E-state index contributed by atoms with van der Waals surface area (Å²) < 4.78 is 10.8. The number of carbonyl (C=O) groups excluding carboxylic acids is 2. The summed E-state index contributed by atoms with van der Waals surface area (Å²) in [7, 11) is 0. The Morgan fingerprint density at radius 1 is 0.931 bits per heavy atom. The van der Waals surface area contributed by atoms with E-state index in [4.69, 9.17) is 21.1 Å². The van der Waals surface area contributed by atoms with Crippen LogP contribution in [0.4, 0.5) is 0 Å². The number of benzene rings is 2. The van der Waals surface area contributed by atoms with E-state index in [1.54, 1.807) is 17.0 Å². The lowest BCUT2D eigenvalue weighted by atomic mass is 10.1. The number of rotatable bonds is 4. The molecule has 0 radical (unpaired) electrons. The van der Waals surface area contributed by atoms with Gasteiger partial charge in [-0.2, -0.15) is 0 Å². The van der Waals surface area contributed by atoms with Crippen LogP contribution in [0.25, 0.3) is 0 Å². The molecule has 0 aromatic heterocycles. The van der Waals surface area contributed by atoms with Crippen molar-refractivity contribution in [2.24, 2.45) is 0 Å². The van der Waals surface area contributed by atoms with E-state index in [1.165, 1.54) is 0 Å². The van der Waals surface area contributed by atoms with Crippen LogP contribution in [-0.4, -0.2) is 54.6 Å². The number of nitrogens with one attached hydrogen (secondary N) is 1. The molecule has 29 heavy (non-hydrogen) atoms. The molecule has 2 amide bonds. The number of piperazine rings is 1. The van der Waals surface area contributed by atoms with Crippen molar-refractivity contribution >= 4 is 23.4 Å². The maximum Gasteiger partial charge on any atom is 0.311 e. The van der Waals surface area contributed by atoms with Crippen LogP contribution >= 0.6 is 11.6 Å². The number of hydrogen-bond donors (Lipinski definition) is 1. The zero-order valence-corrected chi connectivity index (χ0v) is 16.7. The molecule has 0 saturated carbocycles. The molecule has 7 nitrogen and oxygen atoms in total. The highest BCUT2D eigenvalue weighted by molar-refractivity contribution is 6.35. The Hall–Kier alpha value is -2.77. The van der Waals surface area contributed by atoms with E-state index in [0.717, 1.165) is 29.2 Å². The topological polar surface area (TPSA) is 71.1 Å². The minimum absolute atomic E-state index is 0.264. The van der Waals surface area contributed by atoms with E-state index in [2.05, 4.69) is 10.2 Å². The smallest absolute Gasteiger partial charge is 0.311 e. The fraction of sp³-hybridized carbons (Fsp3) is 0.333. The quantitative estimate of drug-likeness (QED) is 0.774. The second-order valence-corrected chi connectivity index (χ2v) is 7.50. The SMILES string of the molecule is O=C(NCc1ccc(Cl)cc1)C(=O)N1CCN(Cc2ccc3c(c2)OCO3)CC1. The molecule has 0 bridgehead atoms. The molecule has 1 fully saturated rings. The highest BCUT2D eigenvalue weighted by atomic mass is 35.5. The number of halogens is 1. The van der Waals surface area contributed by atoms with Gasteiger partial charge in [0.2, 0.25) is 6.79 Å². The van der Waals surface area contributed by atoms with Crippen LogP contribution < -0.4 is 14.8 Å². The number of carbonyl (C=O) groups is 2. The lowest BCUT2D eigenvalue weighted by molar-refractivity contribution is -0.147. The number of hydrogen-bond acceptors (Lipinski definition) is 5. The number of ether oxygens (including phenoxy) is 2. The van der Waals surface area contributed by atoms with Gasteiger partial charge in [-0.05, 0) is 35.4 Å². The Balaban J connectivity index is 1.23. The Kier molecular flexibility index (Phi) is 5.87. The molecule has 2 aromatic carbocycles. The first-order valence-electron chi connectivity index (χ1n) is 9.51. The van der Waals surface area contributed by atoms with E-state index in [9.17, 15) is 9.59 Å². The Morgan fingerprint density at radius 2 is 1.62 bits per heavy atom. The van der Waals surface area contributed by atoms with Crippen LogP contribution in [0.3, 0.4) is 0 Å². The molecule has 4 rings (SSSR count). The van der Waals surface area contributed by atoms with Gasteiger partial charge >= 0.3 is 11.8 Å². The molecule has 152 valence electrons. The Morgan fingerprint density at radius 3 is 2.38 bits per heavy atom. The highest BCUT2D eigenvalue weighted by Crippen LogP contribution is 2.32. The Bertz CT molecular complexity index is 895. The van der Waals surface area contributed by atoms with Gasteiger partial charge in [-0.3, -0.25) is 14.5 Å². The molecule has 0 spiro atoms. The van der Waals surface area contributed by atoms with E-state index in [1.807, 2.05) is 30.3 Å². The molecule has 2 aromatic rings. The van der Waals surface area contributed by atoms with Crippen LogP contribution in [0.1, 0.15) is 11.1 Å². The highest BCUT2D eigenvalue weighted by Gasteiger charge is 2.26. The number of amides is 2. The van der Waals surface area contributed by atoms with Crippen molar-refractivity contribution in [3.8, 4) is 11.5 Å². The van der Waals surface area contributed by atoms with Gasteiger partial charge in [0, 0.05) is 44.3 Å². The fourth-order valence-electron chi connectivity index (χ4n) is 3.41. The van der Waals surface area contributed by atoms with Crippen LogP contribution in [0.15, 0.2) is 42.5 Å². The fourth-order valence-corrected chi connectivity index (χ4v) is 3.54. The molecular weight excluding hydrogens is 394 g/mol. The van der Waals surface area contributed by atoms with E-state index in [0.29, 0.717) is 37.7 Å². The lowest BCUT2D eigenvalue weighted by Gasteiger charge is -2.34. The molecular formula is C21H22ClN3O4. The van der Waals surface area contributed by atoms with Crippen molar-refractivity contribution in [3.05, 3.63) is 58.6 Å². The summed E-state index contributed by atoms with van der Waals surface area (Å²) in [6, 6.07) is 13.1. The average molecular weight is 416 g/mol. The molecule has 2 aliphatic rings. The predicted octanol–water partition coefficient (Wildman–Crippen LogP) is 2.03. The second-order valence-electron chi connectivity index (χ2n) is 7.07. The van der Waals surface area contributed by atoms with Crippen LogP contribution in [0.5, 0.6) is 11.5 Å². The van der Waals surface area contributed by atoms with Gasteiger partial charge in [0.15, 0.2) is 11.5 Å². The van der Waals surface area contributed by atoms with Crippen molar-refractivity contribution in [3.63, 3.8) is 0 Å². The Labute approximate surface area is 174 Å². The van der Waals surface area contributed by atoms with Crippen LogP contribution in [0, 0.1) is 0 Å². The van der Waals surface area contributed by atoms with Crippen molar-refractivity contribution < 1.29 is 19.1 Å². The zero-order chi connectivity index (χ0) is 20.2. The van der Waals surface area contributed by atoms with Gasteiger partial charge in [0.25, 0.3) is 0 Å². The molecule has 1 N–H and O–H groups in total. The summed E-state index contributed by atoms with van der Waals surface area (Å²) in [5.74, 6) is 0.480. The first-order valence-corrected chi connectivity index (χ1v) is 9.89. The summed E-state index contributed by atoms with van der Waals surface area (Å²) in [5.41, 5.74) is 2.03. The minimum atomic E-state index is -0.579. The molecule has 0 unspecified atom stereocenters. The van der Waals surface area contributed by atoms with Crippen molar-refractivity contribution in [1.82, 2.24) is 15.1 Å². The molecule has 2 aliphatic heterocycles. The van der Waals surface area contributed by atoms with E-state index >= 15 is 0 Å². The maximum atomic E-state index is 12.4. The third kappa shape index (κ3) is 4.81. The largest absolute Gasteiger partial charge is 0.454 e. The number of nitrogens with zero attached hydrogens (tertiary/aromatic N) is 2. The third-order valence-corrected chi connectivity index (χ3v) is 5.32. The average Bonchev–Trinajstić information content (AvgIpc) is 3.21. The van der Waals surface area contributed by atoms with Crippen molar-refractivity contribution in [2.75, 3.05) is 33.0 Å². The first kappa shape index (κ1) is 19.5. The van der Waals surface area contributed by atoms with Gasteiger partial charge in [-0.25, -0.2) is 0 Å². The first-order chi connectivity index (χ1) is 14.1. The molecule has 0 atom stereocenters. The van der Waals surface area contributed by atoms with Crippen LogP contribution in [-0.2, 0) is 22.7 Å². The molecule has 1 saturated heterocycles. The summed E-state index contributed by atoms with van der Waals surface area (Å²) >= 11 is 5.85. The summed E-state index contributed by atoms with van der Waals surface area (Å²) in [4.78, 5) is 28.5. The van der Waals surface area contributed by atoms with Gasteiger partial charge < -0.3 is 19.7 Å². The standard InChI is InChI=1S/C21H22ClN3O4/c22-17-4-1-15(2-5-17)12-23-20(26)21(27)25-9-7-24(8-10-25)13-16-3-6-18-19(11-16)29-14-28-18/h1-6,11H,7-10,12-14H2,(H,23,26). The summed E-state index contributed by atoms with van der Waals surface area (Å²) in [6.07, 6.45) is 0. The van der Waals surface area contributed by atoms with E-state index in [-0.39, 0.29) is 6.79 Å².